The lowest BCUT2D eigenvalue weighted by Crippen LogP contribution is -2.21. The van der Waals surface area contributed by atoms with E-state index in [1.54, 1.807) is 14.1 Å². The fourth-order valence-electron chi connectivity index (χ4n) is 2.88. The predicted octanol–water partition coefficient (Wildman–Crippen LogP) is 2.51. The number of carbonyl (C=O) groups excluding carboxylic acids is 1. The van der Waals surface area contributed by atoms with E-state index < -0.39 is 0 Å². The summed E-state index contributed by atoms with van der Waals surface area (Å²) < 4.78 is 0. The van der Waals surface area contributed by atoms with Crippen LogP contribution in [0.5, 0.6) is 0 Å². The van der Waals surface area contributed by atoms with Gasteiger partial charge < -0.3 is 16.0 Å². The maximum Gasteiger partial charge on any atom is 0.265 e. The van der Waals surface area contributed by atoms with E-state index in [1.807, 2.05) is 0 Å². The summed E-state index contributed by atoms with van der Waals surface area (Å²) in [7, 11) is 3.37. The van der Waals surface area contributed by atoms with Crippen LogP contribution < -0.4 is 11.1 Å². The summed E-state index contributed by atoms with van der Waals surface area (Å²) in [5.41, 5.74) is 7.14. The third-order valence-corrected chi connectivity index (χ3v) is 5.75. The van der Waals surface area contributed by atoms with Crippen molar-refractivity contribution in [2.45, 2.75) is 25.7 Å². The average molecular weight is 304 g/mol. The predicted molar refractivity (Wildman–Crippen MR) is 84.3 cm³/mol. The topological polar surface area (TPSA) is 82.2 Å². The highest BCUT2D eigenvalue weighted by atomic mass is 32.1. The van der Waals surface area contributed by atoms with Crippen LogP contribution in [-0.2, 0) is 0 Å². The second-order valence-electron chi connectivity index (χ2n) is 6.35. The Morgan fingerprint density at radius 3 is 2.67 bits per heavy atom. The van der Waals surface area contributed by atoms with Gasteiger partial charge in [0.15, 0.2) is 0 Å². The zero-order valence-corrected chi connectivity index (χ0v) is 13.2. The molecule has 2 aliphatic carbocycles. The molecule has 112 valence electrons. The molecule has 0 bridgehead atoms. The van der Waals surface area contributed by atoms with Gasteiger partial charge in [0.25, 0.3) is 5.91 Å². The van der Waals surface area contributed by atoms with Gasteiger partial charge in [-0.05, 0) is 37.0 Å². The number of nitrogens with zero attached hydrogens (tertiary/aromatic N) is 2. The van der Waals surface area contributed by atoms with Crippen LogP contribution in [0, 0.1) is 22.7 Å². The van der Waals surface area contributed by atoms with Crippen molar-refractivity contribution in [3.63, 3.8) is 0 Å². The van der Waals surface area contributed by atoms with E-state index in [0.29, 0.717) is 21.5 Å². The molecule has 1 heterocycles. The summed E-state index contributed by atoms with van der Waals surface area (Å²) in [5.74, 6) is 0.709. The lowest BCUT2D eigenvalue weighted by atomic mass is 10.0. The standard InChI is InChI=1S/C15H20N4OS/c1-19(2)14(20)12-11(17)10(7-16)13(21-12)18-8-15(5-6-15)9-3-4-9/h9,18H,3-6,8,17H2,1-2H3. The summed E-state index contributed by atoms with van der Waals surface area (Å²) in [4.78, 5) is 14.0. The van der Waals surface area contributed by atoms with Crippen LogP contribution in [0.15, 0.2) is 0 Å². The van der Waals surface area contributed by atoms with Crippen molar-refractivity contribution in [2.75, 3.05) is 31.7 Å². The molecule has 1 aromatic rings. The smallest absolute Gasteiger partial charge is 0.265 e. The van der Waals surface area contributed by atoms with Crippen molar-refractivity contribution in [1.29, 1.82) is 5.26 Å². The molecular formula is C15H20N4OS. The fraction of sp³-hybridized carbons (Fsp3) is 0.600. The minimum absolute atomic E-state index is 0.148. The van der Waals surface area contributed by atoms with Gasteiger partial charge in [0.05, 0.1) is 5.69 Å². The van der Waals surface area contributed by atoms with Crippen molar-refractivity contribution in [3.05, 3.63) is 10.4 Å². The van der Waals surface area contributed by atoms with Crippen molar-refractivity contribution < 1.29 is 4.79 Å². The molecule has 0 aromatic carbocycles. The number of carbonyl (C=O) groups is 1. The molecule has 3 rings (SSSR count). The Bertz CT molecular complexity index is 620. The van der Waals surface area contributed by atoms with Crippen LogP contribution in [0.1, 0.15) is 40.9 Å². The van der Waals surface area contributed by atoms with Crippen LogP contribution in [0.2, 0.25) is 0 Å². The Hall–Kier alpha value is -1.74. The Morgan fingerprint density at radius 1 is 1.52 bits per heavy atom. The third kappa shape index (κ3) is 2.46. The largest absolute Gasteiger partial charge is 0.396 e. The van der Waals surface area contributed by atoms with E-state index >= 15 is 0 Å². The Balaban J connectivity index is 1.80. The molecule has 2 fully saturated rings. The quantitative estimate of drug-likeness (QED) is 0.875. The molecule has 0 unspecified atom stereocenters. The van der Waals surface area contributed by atoms with Gasteiger partial charge in [0, 0.05) is 20.6 Å². The highest BCUT2D eigenvalue weighted by Gasteiger charge is 2.53. The molecule has 0 aliphatic heterocycles. The van der Waals surface area contributed by atoms with Gasteiger partial charge in [0.2, 0.25) is 0 Å². The lowest BCUT2D eigenvalue weighted by molar-refractivity contribution is 0.0833. The highest BCUT2D eigenvalue weighted by Crippen LogP contribution is 2.61. The SMILES string of the molecule is CN(C)C(=O)c1sc(NCC2(C3CC3)CC2)c(C#N)c1N. The number of hydrogen-bond acceptors (Lipinski definition) is 5. The van der Waals surface area contributed by atoms with Crippen LogP contribution in [0.25, 0.3) is 0 Å². The normalized spacial score (nSPS) is 18.9. The van der Waals surface area contributed by atoms with Gasteiger partial charge in [-0.2, -0.15) is 5.26 Å². The van der Waals surface area contributed by atoms with E-state index in [-0.39, 0.29) is 5.91 Å². The number of nitriles is 1. The second kappa shape index (κ2) is 4.92. The maximum atomic E-state index is 12.1. The molecule has 2 saturated carbocycles. The first-order valence-electron chi connectivity index (χ1n) is 7.26. The first-order valence-corrected chi connectivity index (χ1v) is 8.08. The number of nitrogen functional groups attached to an aromatic ring is 1. The number of nitrogens with one attached hydrogen (secondary N) is 1. The van der Waals surface area contributed by atoms with E-state index in [9.17, 15) is 10.1 Å². The van der Waals surface area contributed by atoms with Gasteiger partial charge in [-0.15, -0.1) is 11.3 Å². The number of hydrogen-bond donors (Lipinski definition) is 2. The molecule has 0 radical (unpaired) electrons. The monoisotopic (exact) mass is 304 g/mol. The zero-order chi connectivity index (χ0) is 15.2. The first-order chi connectivity index (χ1) is 9.98. The van der Waals surface area contributed by atoms with E-state index in [2.05, 4.69) is 11.4 Å². The van der Waals surface area contributed by atoms with Crippen molar-refractivity contribution in [3.8, 4) is 6.07 Å². The molecule has 0 atom stereocenters. The van der Waals surface area contributed by atoms with Crippen LogP contribution in [0.3, 0.4) is 0 Å². The molecular weight excluding hydrogens is 284 g/mol. The fourth-order valence-corrected chi connectivity index (χ4v) is 3.97. The molecule has 5 nitrogen and oxygen atoms in total. The van der Waals surface area contributed by atoms with Crippen molar-refractivity contribution >= 4 is 27.9 Å². The first kappa shape index (κ1) is 14.2. The number of nitrogens with two attached hydrogens (primary N) is 1. The highest BCUT2D eigenvalue weighted by molar-refractivity contribution is 7.18. The number of rotatable bonds is 5. The molecule has 3 N–H and O–H groups in total. The van der Waals surface area contributed by atoms with Gasteiger partial charge in [0.1, 0.15) is 21.5 Å². The molecule has 0 spiro atoms. The third-order valence-electron chi connectivity index (χ3n) is 4.59. The van der Waals surface area contributed by atoms with Crippen molar-refractivity contribution in [2.24, 2.45) is 11.3 Å². The molecule has 0 saturated heterocycles. The number of amides is 1. The van der Waals surface area contributed by atoms with Crippen LogP contribution in [-0.4, -0.2) is 31.4 Å². The van der Waals surface area contributed by atoms with Gasteiger partial charge in [-0.1, -0.05) is 0 Å². The van der Waals surface area contributed by atoms with E-state index in [1.165, 1.54) is 41.9 Å². The Labute approximate surface area is 128 Å². The molecule has 1 aromatic heterocycles. The van der Waals surface area contributed by atoms with Crippen LogP contribution >= 0.6 is 11.3 Å². The number of anilines is 2. The molecule has 6 heteroatoms. The van der Waals surface area contributed by atoms with Gasteiger partial charge >= 0.3 is 0 Å². The minimum atomic E-state index is -0.148. The summed E-state index contributed by atoms with van der Waals surface area (Å²) in [6.45, 7) is 0.891. The van der Waals surface area contributed by atoms with Gasteiger partial charge in [-0.25, -0.2) is 0 Å². The summed E-state index contributed by atoms with van der Waals surface area (Å²) in [6, 6.07) is 2.13. The summed E-state index contributed by atoms with van der Waals surface area (Å²) in [5, 5.41) is 13.4. The minimum Gasteiger partial charge on any atom is -0.396 e. The molecule has 21 heavy (non-hydrogen) atoms. The van der Waals surface area contributed by atoms with Crippen LogP contribution in [0.4, 0.5) is 10.7 Å². The summed E-state index contributed by atoms with van der Waals surface area (Å²) >= 11 is 1.30. The summed E-state index contributed by atoms with van der Waals surface area (Å²) in [6.07, 6.45) is 5.22. The van der Waals surface area contributed by atoms with Gasteiger partial charge in [-0.3, -0.25) is 4.79 Å². The molecule has 2 aliphatic rings. The number of thiophene rings is 1. The maximum absolute atomic E-state index is 12.1. The Kier molecular flexibility index (Phi) is 3.33. The van der Waals surface area contributed by atoms with Crippen molar-refractivity contribution in [1.82, 2.24) is 4.90 Å². The average Bonchev–Trinajstić information content (AvgIpc) is 3.33. The van der Waals surface area contributed by atoms with E-state index in [0.717, 1.165) is 17.5 Å². The Morgan fingerprint density at radius 2 is 2.19 bits per heavy atom. The van der Waals surface area contributed by atoms with E-state index in [4.69, 9.17) is 5.73 Å². The second-order valence-corrected chi connectivity index (χ2v) is 7.37. The molecule has 1 amide bonds. The lowest BCUT2D eigenvalue weighted by Gasteiger charge is -2.15. The zero-order valence-electron chi connectivity index (χ0n) is 12.4.